The quantitative estimate of drug-likeness (QED) is 0.724. The number of thiophene rings is 1. The zero-order valence-corrected chi connectivity index (χ0v) is 16.5. The Morgan fingerprint density at radius 1 is 1.24 bits per heavy atom. The number of nitrogens with one attached hydrogen (secondary N) is 1. The fourth-order valence-corrected chi connectivity index (χ4v) is 3.47. The van der Waals surface area contributed by atoms with Crippen molar-refractivity contribution < 1.29 is 19.6 Å². The van der Waals surface area contributed by atoms with Crippen molar-refractivity contribution in [2.24, 2.45) is 5.41 Å². The molecule has 25 heavy (non-hydrogen) atoms. The minimum Gasteiger partial charge on any atom is -0.443 e. The minimum atomic E-state index is -1.74. The summed E-state index contributed by atoms with van der Waals surface area (Å²) in [6.45, 7) is 13.4. The van der Waals surface area contributed by atoms with Crippen molar-refractivity contribution in [3.05, 3.63) is 17.0 Å². The van der Waals surface area contributed by atoms with E-state index in [-0.39, 0.29) is 11.0 Å². The Morgan fingerprint density at radius 3 is 2.40 bits per heavy atom. The molecule has 0 spiro atoms. The average Bonchev–Trinajstić information content (AvgIpc) is 2.91. The Balaban J connectivity index is 2.31. The largest absolute Gasteiger partial charge is 0.506 e. The van der Waals surface area contributed by atoms with Crippen molar-refractivity contribution in [2.75, 3.05) is 6.54 Å². The van der Waals surface area contributed by atoms with Gasteiger partial charge in [-0.05, 0) is 38.3 Å². The van der Waals surface area contributed by atoms with Gasteiger partial charge >= 0.3 is 13.2 Å². The van der Waals surface area contributed by atoms with Crippen LogP contribution < -0.4 is 10.9 Å². The highest BCUT2D eigenvalue weighted by Crippen LogP contribution is 2.27. The number of ether oxygens (including phenoxy) is 1. The summed E-state index contributed by atoms with van der Waals surface area (Å²) in [7, 11) is -1.74. The van der Waals surface area contributed by atoms with Gasteiger partial charge in [0.25, 0.3) is 0 Å². The summed E-state index contributed by atoms with van der Waals surface area (Å²) in [5, 5.41) is 22.6. The van der Waals surface area contributed by atoms with Crippen LogP contribution in [0.1, 0.15) is 46.4 Å². The molecule has 0 saturated carbocycles. The molecule has 6 nitrogen and oxygen atoms in total. The van der Waals surface area contributed by atoms with Gasteiger partial charge in [-0.25, -0.2) is 4.79 Å². The summed E-state index contributed by atoms with van der Waals surface area (Å²) in [4.78, 5) is 13.6. The topological polar surface area (TPSA) is 83.7 Å². The van der Waals surface area contributed by atoms with E-state index in [1.165, 1.54) is 15.9 Å². The number of hydrogen-bond donors (Lipinski definition) is 3. The predicted octanol–water partition coefficient (Wildman–Crippen LogP) is 2.30. The number of rotatable bonds is 4. The number of nitrogens with zero attached hydrogens (tertiary/aromatic N) is 1. The van der Waals surface area contributed by atoms with E-state index in [0.29, 0.717) is 12.1 Å². The number of fused-ring (bicyclic) bond motifs is 1. The van der Waals surface area contributed by atoms with E-state index in [1.807, 2.05) is 6.07 Å². The molecule has 0 aliphatic carbocycles. The van der Waals surface area contributed by atoms with Gasteiger partial charge in [-0.3, -0.25) is 4.57 Å². The Morgan fingerprint density at radius 2 is 1.88 bits per heavy atom. The SMILES string of the molecule is CC(C)(C)CNCc1cc2c(cc(B(O)O)n2C(=O)OC(C)(C)C)s1. The summed E-state index contributed by atoms with van der Waals surface area (Å²) < 4.78 is 7.47. The number of carbonyl (C=O) groups is 1. The second-order valence-corrected chi connectivity index (χ2v) is 9.55. The van der Waals surface area contributed by atoms with Crippen molar-refractivity contribution in [1.82, 2.24) is 9.88 Å². The van der Waals surface area contributed by atoms with Crippen LogP contribution in [0, 0.1) is 5.41 Å². The van der Waals surface area contributed by atoms with Crippen LogP contribution in [-0.4, -0.2) is 40.0 Å². The van der Waals surface area contributed by atoms with Gasteiger partial charge in [-0.15, -0.1) is 11.3 Å². The van der Waals surface area contributed by atoms with Crippen molar-refractivity contribution >= 4 is 40.4 Å². The highest BCUT2D eigenvalue weighted by atomic mass is 32.1. The van der Waals surface area contributed by atoms with E-state index in [2.05, 4.69) is 26.1 Å². The molecule has 0 aliphatic rings. The second-order valence-electron chi connectivity index (χ2n) is 8.39. The molecule has 0 atom stereocenters. The lowest BCUT2D eigenvalue weighted by Crippen LogP contribution is -2.41. The van der Waals surface area contributed by atoms with Crippen LogP contribution in [0.2, 0.25) is 0 Å². The molecule has 0 unspecified atom stereocenters. The van der Waals surface area contributed by atoms with Crippen LogP contribution in [0.15, 0.2) is 12.1 Å². The molecular formula is C17H27BN2O4S. The molecule has 2 rings (SSSR count). The minimum absolute atomic E-state index is 0.115. The first-order valence-electron chi connectivity index (χ1n) is 8.32. The molecule has 0 amide bonds. The normalized spacial score (nSPS) is 12.6. The maximum Gasteiger partial charge on any atom is 0.506 e. The van der Waals surface area contributed by atoms with Gasteiger partial charge in [-0.1, -0.05) is 20.8 Å². The monoisotopic (exact) mass is 366 g/mol. The van der Waals surface area contributed by atoms with E-state index in [9.17, 15) is 14.8 Å². The molecule has 0 saturated heterocycles. The van der Waals surface area contributed by atoms with E-state index in [1.54, 1.807) is 26.8 Å². The smallest absolute Gasteiger partial charge is 0.443 e. The maximum absolute atomic E-state index is 12.5. The van der Waals surface area contributed by atoms with Crippen molar-refractivity contribution in [2.45, 2.75) is 53.7 Å². The Labute approximate surface area is 152 Å². The van der Waals surface area contributed by atoms with Crippen molar-refractivity contribution in [3.63, 3.8) is 0 Å². The summed E-state index contributed by atoms with van der Waals surface area (Å²) in [5.41, 5.74) is 0.273. The van der Waals surface area contributed by atoms with Crippen LogP contribution in [-0.2, 0) is 11.3 Å². The lowest BCUT2D eigenvalue weighted by atomic mass is 9.86. The lowest BCUT2D eigenvalue weighted by molar-refractivity contribution is 0.0548. The van der Waals surface area contributed by atoms with E-state index in [0.717, 1.165) is 16.1 Å². The van der Waals surface area contributed by atoms with Gasteiger partial charge in [0.2, 0.25) is 0 Å². The molecule has 3 N–H and O–H groups in total. The number of hydrogen-bond acceptors (Lipinski definition) is 6. The van der Waals surface area contributed by atoms with Crippen LogP contribution >= 0.6 is 11.3 Å². The number of aromatic nitrogens is 1. The maximum atomic E-state index is 12.5. The third-order valence-electron chi connectivity index (χ3n) is 3.36. The Hall–Kier alpha value is -1.35. The lowest BCUT2D eigenvalue weighted by Gasteiger charge is -2.20. The molecule has 8 heteroatoms. The summed E-state index contributed by atoms with van der Waals surface area (Å²) in [6.07, 6.45) is -0.613. The summed E-state index contributed by atoms with van der Waals surface area (Å²) >= 11 is 1.52. The Bertz CT molecular complexity index is 753. The first-order chi connectivity index (χ1) is 11.4. The fraction of sp³-hybridized carbons (Fsp3) is 0.588. The molecule has 2 aromatic heterocycles. The van der Waals surface area contributed by atoms with Crippen LogP contribution in [0.3, 0.4) is 0 Å². The highest BCUT2D eigenvalue weighted by Gasteiger charge is 2.28. The van der Waals surface area contributed by atoms with Crippen LogP contribution in [0.5, 0.6) is 0 Å². The molecule has 138 valence electrons. The molecule has 0 fully saturated rings. The van der Waals surface area contributed by atoms with E-state index in [4.69, 9.17) is 4.74 Å². The van der Waals surface area contributed by atoms with Gasteiger partial charge in [0.15, 0.2) is 0 Å². The van der Waals surface area contributed by atoms with Gasteiger partial charge in [-0.2, -0.15) is 0 Å². The number of carbonyl (C=O) groups excluding carboxylic acids is 1. The zero-order valence-electron chi connectivity index (χ0n) is 15.7. The predicted molar refractivity (Wildman–Crippen MR) is 102 cm³/mol. The first kappa shape index (κ1) is 20.0. The molecule has 0 aromatic carbocycles. The second kappa shape index (κ2) is 7.11. The van der Waals surface area contributed by atoms with Gasteiger partial charge in [0.05, 0.1) is 15.8 Å². The van der Waals surface area contributed by atoms with Gasteiger partial charge in [0, 0.05) is 18.0 Å². The first-order valence-corrected chi connectivity index (χ1v) is 9.13. The zero-order chi connectivity index (χ0) is 19.0. The summed E-state index contributed by atoms with van der Waals surface area (Å²) in [5.74, 6) is 0. The average molecular weight is 366 g/mol. The van der Waals surface area contributed by atoms with Crippen LogP contribution in [0.4, 0.5) is 4.79 Å². The third kappa shape index (κ3) is 5.31. The molecule has 2 heterocycles. The molecular weight excluding hydrogens is 339 g/mol. The van der Waals surface area contributed by atoms with E-state index >= 15 is 0 Å². The third-order valence-corrected chi connectivity index (χ3v) is 4.44. The molecule has 0 radical (unpaired) electrons. The van der Waals surface area contributed by atoms with Gasteiger partial charge < -0.3 is 20.1 Å². The molecule has 0 bridgehead atoms. The van der Waals surface area contributed by atoms with Crippen molar-refractivity contribution in [3.8, 4) is 0 Å². The standard InChI is InChI=1S/C17H27BN2O4S/c1-16(2,3)10-19-9-11-7-12-13(25-11)8-14(18(22)23)20(12)15(21)24-17(4,5)6/h7-8,19,22-23H,9-10H2,1-6H3. The van der Waals surface area contributed by atoms with E-state index < -0.39 is 18.8 Å². The van der Waals surface area contributed by atoms with Crippen molar-refractivity contribution in [1.29, 1.82) is 0 Å². The van der Waals surface area contributed by atoms with Gasteiger partial charge in [0.1, 0.15) is 5.60 Å². The van der Waals surface area contributed by atoms with Crippen LogP contribution in [0.25, 0.3) is 10.2 Å². The molecule has 0 aliphatic heterocycles. The highest BCUT2D eigenvalue weighted by molar-refractivity contribution is 7.19. The summed E-state index contributed by atoms with van der Waals surface area (Å²) in [6, 6.07) is 3.52. The Kier molecular flexibility index (Phi) is 5.68. The fourth-order valence-electron chi connectivity index (χ4n) is 2.41. The molecule has 2 aromatic rings.